The zero-order valence-corrected chi connectivity index (χ0v) is 81.8. The van der Waals surface area contributed by atoms with Gasteiger partial charge in [0.2, 0.25) is 0 Å². The number of aliphatic hydroxyl groups is 2. The van der Waals surface area contributed by atoms with Crippen LogP contribution in [0.15, 0.2) is 195 Å². The van der Waals surface area contributed by atoms with Crippen molar-refractivity contribution in [3.05, 3.63) is 229 Å². The zero-order chi connectivity index (χ0) is 81.8. The molecule has 5 heterocycles. The number of aliphatic hydroxyl groups excluding tert-OH is 2. The number of halogens is 3. The number of rotatable bonds is 34. The van der Waals surface area contributed by atoms with Crippen molar-refractivity contribution in [1.29, 1.82) is 0 Å². The minimum absolute atomic E-state index is 0. The summed E-state index contributed by atoms with van der Waals surface area (Å²) in [6.45, 7) is 23.5. The molecule has 2 aliphatic carbocycles. The summed E-state index contributed by atoms with van der Waals surface area (Å²) in [4.78, 5) is 31.6. The Kier molecular flexibility index (Phi) is 40.8. The van der Waals surface area contributed by atoms with Gasteiger partial charge in [-0.15, -0.1) is 47.2 Å². The number of nitrogens with zero attached hydrogens (tertiary/aromatic N) is 2. The third kappa shape index (κ3) is 27.1. The average Bonchev–Trinajstić information content (AvgIpc) is 1.58. The van der Waals surface area contributed by atoms with Gasteiger partial charge in [0.25, 0.3) is 0 Å². The van der Waals surface area contributed by atoms with Gasteiger partial charge in [-0.1, -0.05) is 305 Å². The summed E-state index contributed by atoms with van der Waals surface area (Å²) >= 11 is 14.6. The van der Waals surface area contributed by atoms with Crippen molar-refractivity contribution in [2.45, 2.75) is 285 Å². The number of ketones is 2. The molecule has 10 aromatic rings. The first-order chi connectivity index (χ1) is 54.9. The molecule has 624 valence electrons. The van der Waals surface area contributed by atoms with E-state index in [2.05, 4.69) is 248 Å². The number of benzene rings is 6. The fourth-order valence-electron chi connectivity index (χ4n) is 16.3. The molecule has 1 saturated heterocycles. The van der Waals surface area contributed by atoms with E-state index in [1.54, 1.807) is 28.2 Å². The Labute approximate surface area is 755 Å². The second-order valence-corrected chi connectivity index (χ2v) is 37.3. The number of carbonyl (C=O) groups is 2. The van der Waals surface area contributed by atoms with Crippen LogP contribution in [0, 0.1) is 12.1 Å². The Bertz CT molecular complexity index is 4650. The minimum atomic E-state index is -0.335. The predicted molar refractivity (Wildman–Crippen MR) is 497 cm³/mol. The van der Waals surface area contributed by atoms with Gasteiger partial charge in [0.15, 0.2) is 11.6 Å². The Morgan fingerprint density at radius 2 is 0.750 bits per heavy atom. The van der Waals surface area contributed by atoms with Crippen molar-refractivity contribution < 1.29 is 69.3 Å². The Morgan fingerprint density at radius 3 is 1.10 bits per heavy atom. The van der Waals surface area contributed by atoms with E-state index in [9.17, 15) is 9.59 Å². The largest absolute Gasteiger partial charge is 0.512 e. The van der Waals surface area contributed by atoms with Gasteiger partial charge in [-0.2, -0.15) is 0 Å². The molecular weight excluding hydrogens is 2020 g/mol. The molecular formula is C100H122BBr3Ir2N2O6S2-2. The molecule has 16 heteroatoms. The Balaban J connectivity index is 0.000000235. The van der Waals surface area contributed by atoms with E-state index < -0.39 is 0 Å². The Hall–Kier alpha value is -5.32. The predicted octanol–water partition coefficient (Wildman–Crippen LogP) is 31.1. The molecule has 2 radical (unpaired) electrons. The molecule has 8 nitrogen and oxygen atoms in total. The molecule has 0 spiro atoms. The van der Waals surface area contributed by atoms with Gasteiger partial charge in [-0.3, -0.25) is 9.59 Å². The van der Waals surface area contributed by atoms with Crippen LogP contribution >= 0.6 is 70.5 Å². The third-order valence-electron chi connectivity index (χ3n) is 22.8. The van der Waals surface area contributed by atoms with E-state index in [1.165, 1.54) is 293 Å². The maximum Gasteiger partial charge on any atom is 0.494 e. The summed E-state index contributed by atoms with van der Waals surface area (Å²) in [6.07, 6.45) is 43.1. The van der Waals surface area contributed by atoms with Crippen LogP contribution in [-0.4, -0.2) is 50.1 Å². The molecule has 1 aliphatic heterocycles. The van der Waals surface area contributed by atoms with Gasteiger partial charge in [0, 0.05) is 100 Å². The van der Waals surface area contributed by atoms with Gasteiger partial charge in [-0.25, -0.2) is 22.7 Å². The van der Waals surface area contributed by atoms with Crippen LogP contribution < -0.4 is 5.46 Å². The molecule has 116 heavy (non-hydrogen) atoms. The van der Waals surface area contributed by atoms with Crippen LogP contribution in [0.1, 0.15) is 285 Å². The van der Waals surface area contributed by atoms with Crippen molar-refractivity contribution in [2.24, 2.45) is 0 Å². The van der Waals surface area contributed by atoms with Gasteiger partial charge in [0.1, 0.15) is 0 Å². The number of allylic oxidation sites excluding steroid dienone is 4. The zero-order valence-electron chi connectivity index (χ0n) is 70.6. The van der Waals surface area contributed by atoms with Gasteiger partial charge in [-0.05, 0) is 208 Å². The summed E-state index contributed by atoms with van der Waals surface area (Å²) in [5.41, 5.74) is 16.9. The number of thiophene rings is 2. The first-order valence-electron chi connectivity index (χ1n) is 42.3. The number of aromatic nitrogens is 2. The van der Waals surface area contributed by atoms with Crippen LogP contribution in [0.5, 0.6) is 0 Å². The van der Waals surface area contributed by atoms with Crippen molar-refractivity contribution >= 4 is 115 Å². The number of hydrogen-bond donors (Lipinski definition) is 2. The van der Waals surface area contributed by atoms with Crippen LogP contribution in [0.25, 0.3) is 74.7 Å². The van der Waals surface area contributed by atoms with E-state index in [-0.39, 0.29) is 92.4 Å². The van der Waals surface area contributed by atoms with E-state index in [0.29, 0.717) is 0 Å². The van der Waals surface area contributed by atoms with E-state index >= 15 is 0 Å². The van der Waals surface area contributed by atoms with Crippen molar-refractivity contribution in [3.8, 4) is 54.5 Å². The summed E-state index contributed by atoms with van der Waals surface area (Å²) in [6, 6.07) is 60.4. The third-order valence-corrected chi connectivity index (χ3v) is 26.5. The first kappa shape index (κ1) is 97.8. The second-order valence-electron chi connectivity index (χ2n) is 32.5. The maximum absolute atomic E-state index is 10.0. The number of fused-ring (bicyclic) bond motifs is 8. The van der Waals surface area contributed by atoms with Crippen molar-refractivity contribution in [3.63, 3.8) is 0 Å². The number of unbranched alkanes of at least 4 members (excludes halogenated alkanes) is 20. The molecule has 4 aromatic heterocycles. The molecule has 0 bridgehead atoms. The standard InChI is InChI=1S/C42H47BrNS.C35H52BBrO2.C13H7BrNS.2C5H8O2.2Ir/c1-3-5-7-9-11-15-25-42(26-16-12-10-8-6-4-2)37-27-31(19-22-35(37)36-23-21-34(43)29-38(36)42)33-20-24-39(44-30-33)41-28-32-17-13-14-18-40(32)45-41;1-7-9-11-13-15-17-23-35(24-18-16-14-12-10-8-2)31-25-27(36-38-33(3,4)34(5,6)39-36)19-21-29(31)30-22-20-28(37)26-32(30)35;14-10-5-6-11(15-8-10)13-7-9-3-1-2-4-12(9)16-13;2*1-4(6)3-5(2)7;;/h13-14,17-24,27,29-30H,3-12,15-16,25-26H2,1-2H3;19-22,25-26H,7-18,23-24H2,1-6H3;1-6,8H;2*3,6H,1-2H3;;/q-1;;-1;;;;. The van der Waals surface area contributed by atoms with Gasteiger partial charge >= 0.3 is 7.12 Å². The van der Waals surface area contributed by atoms with E-state index in [1.807, 2.05) is 30.5 Å². The molecule has 2 N–H and O–H groups in total. The van der Waals surface area contributed by atoms with E-state index in [4.69, 9.17) is 24.5 Å². The molecule has 0 amide bonds. The van der Waals surface area contributed by atoms with Crippen molar-refractivity contribution in [1.82, 2.24) is 9.97 Å². The van der Waals surface area contributed by atoms with Gasteiger partial charge < -0.3 is 29.5 Å². The van der Waals surface area contributed by atoms with Crippen LogP contribution in [0.3, 0.4) is 0 Å². The number of pyridine rings is 2. The van der Waals surface area contributed by atoms with Gasteiger partial charge in [0.05, 0.1) is 22.7 Å². The normalized spacial score (nSPS) is 14.2. The first-order valence-corrected chi connectivity index (χ1v) is 46.3. The molecule has 0 saturated carbocycles. The molecule has 0 unspecified atom stereocenters. The number of carbonyl (C=O) groups excluding carboxylic acids is 2. The monoisotopic (exact) mass is 2140 g/mol. The summed E-state index contributed by atoms with van der Waals surface area (Å²) in [5.74, 6) is -0.125. The summed E-state index contributed by atoms with van der Waals surface area (Å²) in [5, 5.41) is 19.1. The molecule has 3 aliphatic rings. The average molecular weight is 2150 g/mol. The van der Waals surface area contributed by atoms with Crippen molar-refractivity contribution in [2.75, 3.05) is 0 Å². The SMILES string of the molecule is Brc1ccc(-c2[c-]c3ccccc3s2)nc1.CC(=O)C=C(C)O.CC(=O)C=C(C)O.CCCCCCCCC1(CCCCCCCC)c2cc(Br)ccc2-c2ccc(-c3ccc(-c4[c-]c5ccccc5s4)nc3)cc21.CCCCCCCCC1(CCCCCCCC)c2cc(Br)ccc2-c2ccc(B3OC(C)(C)C(C)(C)O3)cc21.[Ir].[Ir]. The summed E-state index contributed by atoms with van der Waals surface area (Å²) in [7, 11) is -0.323. The topological polar surface area (TPSA) is 119 Å². The molecule has 13 rings (SSSR count). The van der Waals surface area contributed by atoms with Crippen LogP contribution in [0.4, 0.5) is 0 Å². The molecule has 0 atom stereocenters. The minimum Gasteiger partial charge on any atom is -0.512 e. The molecule has 1 fully saturated rings. The smallest absolute Gasteiger partial charge is 0.494 e. The fraction of sp³-hybridized carbons (Fsp3) is 0.440. The Morgan fingerprint density at radius 1 is 0.414 bits per heavy atom. The van der Waals surface area contributed by atoms with Crippen LogP contribution in [-0.2, 0) is 69.9 Å². The quantitative estimate of drug-likeness (QED) is 0.0135. The van der Waals surface area contributed by atoms with E-state index in [0.717, 1.165) is 36.5 Å². The number of hydrogen-bond acceptors (Lipinski definition) is 10. The maximum atomic E-state index is 10.0. The molecule has 6 aromatic carbocycles. The fourth-order valence-corrected chi connectivity index (χ4v) is 19.2. The second kappa shape index (κ2) is 48.4. The van der Waals surface area contributed by atoms with Crippen LogP contribution in [0.2, 0.25) is 0 Å². The summed E-state index contributed by atoms with van der Waals surface area (Å²) < 4.78 is 18.9.